The number of carbonyl (C=O) groups excluding carboxylic acids is 1. The van der Waals surface area contributed by atoms with E-state index in [1.54, 1.807) is 0 Å². The van der Waals surface area contributed by atoms with Crippen molar-refractivity contribution < 1.29 is 4.79 Å². The first-order chi connectivity index (χ1) is 9.72. The molecule has 0 bridgehead atoms. The Bertz CT molecular complexity index is 563. The van der Waals surface area contributed by atoms with E-state index in [2.05, 4.69) is 24.0 Å². The van der Waals surface area contributed by atoms with Crippen LogP contribution in [-0.2, 0) is 0 Å². The predicted octanol–water partition coefficient (Wildman–Crippen LogP) is 4.09. The van der Waals surface area contributed by atoms with Gasteiger partial charge in [0.05, 0.1) is 0 Å². The summed E-state index contributed by atoms with van der Waals surface area (Å²) in [5, 5.41) is 0. The van der Waals surface area contributed by atoms with Gasteiger partial charge in [-0.25, -0.2) is 0 Å². The second-order valence-corrected chi connectivity index (χ2v) is 4.90. The number of aryl methyl sites for hydroxylation is 1. The van der Waals surface area contributed by atoms with Crippen molar-refractivity contribution in [2.75, 3.05) is 18.0 Å². The van der Waals surface area contributed by atoms with E-state index in [9.17, 15) is 4.79 Å². The molecule has 0 spiro atoms. The largest absolute Gasteiger partial charge is 0.371 e. The van der Waals surface area contributed by atoms with Gasteiger partial charge in [0.25, 0.3) is 0 Å². The van der Waals surface area contributed by atoms with E-state index in [1.807, 2.05) is 49.4 Å². The molecule has 0 aliphatic heterocycles. The molecular weight excluding hydrogens is 246 g/mol. The molecule has 2 nitrogen and oxygen atoms in total. The minimum Gasteiger partial charge on any atom is -0.371 e. The lowest BCUT2D eigenvalue weighted by molar-refractivity contribution is 0.0984. The summed E-state index contributed by atoms with van der Waals surface area (Å²) in [5.74, 6) is 0.220. The Hall–Kier alpha value is -2.09. The normalized spacial score (nSPS) is 10.3. The molecule has 0 unspecified atom stereocenters. The smallest absolute Gasteiger partial charge is 0.164 e. The average molecular weight is 267 g/mol. The van der Waals surface area contributed by atoms with E-state index >= 15 is 0 Å². The number of para-hydroxylation sites is 1. The lowest BCUT2D eigenvalue weighted by atomic mass is 10.0. The van der Waals surface area contributed by atoms with Gasteiger partial charge in [-0.15, -0.1) is 0 Å². The van der Waals surface area contributed by atoms with Gasteiger partial charge >= 0.3 is 0 Å². The maximum absolute atomic E-state index is 12.3. The number of rotatable bonds is 6. The van der Waals surface area contributed by atoms with Crippen LogP contribution in [0, 0.1) is 6.92 Å². The number of anilines is 1. The third-order valence-electron chi connectivity index (χ3n) is 3.56. The molecule has 0 fully saturated rings. The van der Waals surface area contributed by atoms with E-state index in [4.69, 9.17) is 0 Å². The summed E-state index contributed by atoms with van der Waals surface area (Å²) in [5.41, 5.74) is 3.07. The van der Waals surface area contributed by atoms with E-state index in [0.29, 0.717) is 6.42 Å². The van der Waals surface area contributed by atoms with Crippen LogP contribution >= 0.6 is 0 Å². The van der Waals surface area contributed by atoms with Gasteiger partial charge in [-0.1, -0.05) is 42.5 Å². The second-order valence-electron chi connectivity index (χ2n) is 4.90. The first-order valence-corrected chi connectivity index (χ1v) is 7.11. The molecule has 0 N–H and O–H groups in total. The summed E-state index contributed by atoms with van der Waals surface area (Å²) < 4.78 is 0. The lowest BCUT2D eigenvalue weighted by Crippen LogP contribution is -2.25. The molecule has 0 aromatic heterocycles. The van der Waals surface area contributed by atoms with Gasteiger partial charge in [0.15, 0.2) is 5.78 Å². The summed E-state index contributed by atoms with van der Waals surface area (Å²) in [6.07, 6.45) is 0.549. The SMILES string of the molecule is CCN(CCC(=O)c1ccccc1C)c1ccccc1. The van der Waals surface area contributed by atoms with Gasteiger partial charge < -0.3 is 4.90 Å². The van der Waals surface area contributed by atoms with Crippen LogP contribution in [0.25, 0.3) is 0 Å². The Morgan fingerprint density at radius 1 is 1.00 bits per heavy atom. The van der Waals surface area contributed by atoms with Crippen molar-refractivity contribution in [2.24, 2.45) is 0 Å². The van der Waals surface area contributed by atoms with E-state index < -0.39 is 0 Å². The molecule has 0 atom stereocenters. The average Bonchev–Trinajstić information content (AvgIpc) is 2.49. The van der Waals surface area contributed by atoms with Crippen molar-refractivity contribution >= 4 is 11.5 Å². The van der Waals surface area contributed by atoms with Crippen LogP contribution in [0.15, 0.2) is 54.6 Å². The number of benzene rings is 2. The summed E-state index contributed by atoms with van der Waals surface area (Å²) >= 11 is 0. The fraction of sp³-hybridized carbons (Fsp3) is 0.278. The van der Waals surface area contributed by atoms with Crippen LogP contribution in [0.4, 0.5) is 5.69 Å². The van der Waals surface area contributed by atoms with E-state index in [0.717, 1.165) is 24.2 Å². The quantitative estimate of drug-likeness (QED) is 0.735. The highest BCUT2D eigenvalue weighted by atomic mass is 16.1. The van der Waals surface area contributed by atoms with Crippen LogP contribution in [-0.4, -0.2) is 18.9 Å². The van der Waals surface area contributed by atoms with Gasteiger partial charge in [-0.2, -0.15) is 0 Å². The first kappa shape index (κ1) is 14.3. The third kappa shape index (κ3) is 3.47. The number of hydrogen-bond acceptors (Lipinski definition) is 2. The molecule has 0 radical (unpaired) electrons. The van der Waals surface area contributed by atoms with Crippen molar-refractivity contribution in [3.8, 4) is 0 Å². The molecule has 0 saturated carbocycles. The van der Waals surface area contributed by atoms with Crippen LogP contribution in [0.3, 0.4) is 0 Å². The molecule has 20 heavy (non-hydrogen) atoms. The van der Waals surface area contributed by atoms with E-state index in [-0.39, 0.29) is 5.78 Å². The van der Waals surface area contributed by atoms with Gasteiger partial charge in [0.1, 0.15) is 0 Å². The van der Waals surface area contributed by atoms with Gasteiger partial charge in [0, 0.05) is 30.8 Å². The topological polar surface area (TPSA) is 20.3 Å². The van der Waals surface area contributed by atoms with Gasteiger partial charge in [-0.05, 0) is 31.5 Å². The molecule has 2 heteroatoms. The Labute approximate surface area is 121 Å². The van der Waals surface area contributed by atoms with Crippen molar-refractivity contribution in [1.29, 1.82) is 0 Å². The number of carbonyl (C=O) groups is 1. The van der Waals surface area contributed by atoms with Crippen LogP contribution in [0.2, 0.25) is 0 Å². The Morgan fingerprint density at radius 2 is 1.65 bits per heavy atom. The zero-order valence-electron chi connectivity index (χ0n) is 12.2. The molecule has 0 saturated heterocycles. The van der Waals surface area contributed by atoms with Crippen molar-refractivity contribution in [3.63, 3.8) is 0 Å². The summed E-state index contributed by atoms with van der Waals surface area (Å²) in [6.45, 7) is 5.77. The van der Waals surface area contributed by atoms with Crippen molar-refractivity contribution in [3.05, 3.63) is 65.7 Å². The first-order valence-electron chi connectivity index (χ1n) is 7.11. The fourth-order valence-corrected chi connectivity index (χ4v) is 2.37. The molecule has 0 aliphatic carbocycles. The Balaban J connectivity index is 2.01. The molecule has 2 aromatic rings. The van der Waals surface area contributed by atoms with Gasteiger partial charge in [0.2, 0.25) is 0 Å². The van der Waals surface area contributed by atoms with Crippen LogP contribution < -0.4 is 4.90 Å². The number of hydrogen-bond donors (Lipinski definition) is 0. The molecule has 104 valence electrons. The molecule has 0 amide bonds. The van der Waals surface area contributed by atoms with Crippen molar-refractivity contribution in [2.45, 2.75) is 20.3 Å². The number of ketones is 1. The zero-order valence-corrected chi connectivity index (χ0v) is 12.2. The highest BCUT2D eigenvalue weighted by Crippen LogP contribution is 2.15. The number of Topliss-reactive ketones (excluding diaryl/α,β-unsaturated/α-hetero) is 1. The highest BCUT2D eigenvalue weighted by molar-refractivity contribution is 5.97. The molecule has 0 aliphatic rings. The Kier molecular flexibility index (Phi) is 4.94. The zero-order chi connectivity index (χ0) is 14.4. The Morgan fingerprint density at radius 3 is 2.30 bits per heavy atom. The maximum atomic E-state index is 12.3. The summed E-state index contributed by atoms with van der Waals surface area (Å²) in [4.78, 5) is 14.5. The van der Waals surface area contributed by atoms with Crippen molar-refractivity contribution in [1.82, 2.24) is 0 Å². The highest BCUT2D eigenvalue weighted by Gasteiger charge is 2.11. The van der Waals surface area contributed by atoms with E-state index in [1.165, 1.54) is 5.69 Å². The molecule has 0 heterocycles. The monoisotopic (exact) mass is 267 g/mol. The lowest BCUT2D eigenvalue weighted by Gasteiger charge is -2.22. The summed E-state index contributed by atoms with van der Waals surface area (Å²) in [6, 6.07) is 18.0. The molecule has 2 rings (SSSR count). The third-order valence-corrected chi connectivity index (χ3v) is 3.56. The molecular formula is C18H21NO. The minimum atomic E-state index is 0.220. The summed E-state index contributed by atoms with van der Waals surface area (Å²) in [7, 11) is 0. The van der Waals surface area contributed by atoms with Gasteiger partial charge in [-0.3, -0.25) is 4.79 Å². The predicted molar refractivity (Wildman–Crippen MR) is 84.5 cm³/mol. The minimum absolute atomic E-state index is 0.220. The fourth-order valence-electron chi connectivity index (χ4n) is 2.37. The standard InChI is InChI=1S/C18H21NO/c1-3-19(16-10-5-4-6-11-16)14-13-18(20)17-12-8-7-9-15(17)2/h4-12H,3,13-14H2,1-2H3. The maximum Gasteiger partial charge on any atom is 0.164 e. The van der Waals surface area contributed by atoms with Crippen LogP contribution in [0.1, 0.15) is 29.3 Å². The van der Waals surface area contributed by atoms with Crippen LogP contribution in [0.5, 0.6) is 0 Å². The number of nitrogens with zero attached hydrogens (tertiary/aromatic N) is 1. The molecule has 2 aromatic carbocycles. The second kappa shape index (κ2) is 6.90.